The number of nitrogens with two attached hydrogens (primary N) is 1. The molecule has 0 aliphatic heterocycles. The van der Waals surface area contributed by atoms with Gasteiger partial charge in [0.15, 0.2) is 17.5 Å². The van der Waals surface area contributed by atoms with Gasteiger partial charge in [-0.1, -0.05) is 0 Å². The molecule has 10 nitrogen and oxygen atoms in total. The molecule has 136 valence electrons. The van der Waals surface area contributed by atoms with Crippen molar-refractivity contribution in [2.45, 2.75) is 6.92 Å². The number of hydrogen-bond acceptors (Lipinski definition) is 8. The lowest BCUT2D eigenvalue weighted by Gasteiger charge is -2.12. The highest BCUT2D eigenvalue weighted by atomic mass is 127. The molecule has 11 heteroatoms. The van der Waals surface area contributed by atoms with Crippen molar-refractivity contribution in [3.8, 4) is 0 Å². The van der Waals surface area contributed by atoms with Crippen LogP contribution >= 0.6 is 22.6 Å². The minimum atomic E-state index is -1.30. The molecule has 0 bridgehead atoms. The molecule has 0 radical (unpaired) electrons. The Morgan fingerprint density at radius 1 is 1.38 bits per heavy atom. The minimum Gasteiger partial charge on any atom is -0.478 e. The first-order chi connectivity index (χ1) is 12.4. The van der Waals surface area contributed by atoms with E-state index in [0.29, 0.717) is 5.69 Å². The van der Waals surface area contributed by atoms with Crippen LogP contribution in [0.3, 0.4) is 0 Å². The fraction of sp³-hybridized carbons (Fsp3) is 0.0667. The van der Waals surface area contributed by atoms with Crippen LogP contribution in [0.2, 0.25) is 0 Å². The third-order valence-corrected chi connectivity index (χ3v) is 4.13. The van der Waals surface area contributed by atoms with Crippen molar-refractivity contribution < 1.29 is 24.4 Å². The molecule has 0 spiro atoms. The zero-order valence-corrected chi connectivity index (χ0v) is 15.4. The molecular weight excluding hydrogens is 459 g/mol. The number of halogens is 1. The van der Waals surface area contributed by atoms with E-state index in [1.54, 1.807) is 6.07 Å². The second-order valence-corrected chi connectivity index (χ2v) is 6.24. The summed E-state index contributed by atoms with van der Waals surface area (Å²) in [5.41, 5.74) is 1.04. The monoisotopic (exact) mass is 472 g/mol. The molecule has 0 amide bonds. The molecule has 1 heterocycles. The number of non-ortho nitro benzene ring substituents is 1. The van der Waals surface area contributed by atoms with Crippen LogP contribution in [0.25, 0.3) is 11.1 Å². The molecule has 3 aromatic rings. The molecule has 26 heavy (non-hydrogen) atoms. The van der Waals surface area contributed by atoms with Gasteiger partial charge in [0.1, 0.15) is 0 Å². The van der Waals surface area contributed by atoms with E-state index in [9.17, 15) is 20.0 Å². The number of nitrogens with zero attached hydrogens (tertiary/aromatic N) is 2. The summed E-state index contributed by atoms with van der Waals surface area (Å²) in [6.45, 7) is 1.87. The van der Waals surface area contributed by atoms with Gasteiger partial charge >= 0.3 is 5.97 Å². The number of nitro benzene ring substituents is 1. The normalized spacial score (nSPS) is 10.2. The van der Waals surface area contributed by atoms with Gasteiger partial charge in [-0.15, -0.1) is 0 Å². The van der Waals surface area contributed by atoms with Crippen LogP contribution in [-0.2, 0) is 0 Å². The number of carboxylic acids is 1. The summed E-state index contributed by atoms with van der Waals surface area (Å²) in [6.07, 6.45) is 1.05. The van der Waals surface area contributed by atoms with Crippen molar-refractivity contribution in [3.63, 3.8) is 0 Å². The van der Waals surface area contributed by atoms with Crippen molar-refractivity contribution >= 4 is 56.7 Å². The van der Waals surface area contributed by atoms with Crippen LogP contribution in [-0.4, -0.2) is 26.2 Å². The van der Waals surface area contributed by atoms with E-state index in [2.05, 4.69) is 38.8 Å². The van der Waals surface area contributed by atoms with E-state index in [-0.39, 0.29) is 22.4 Å². The van der Waals surface area contributed by atoms with Crippen LogP contribution in [0.5, 0.6) is 0 Å². The first-order valence-corrected chi connectivity index (χ1v) is 8.03. The first kappa shape index (κ1) is 19.6. The predicted octanol–water partition coefficient (Wildman–Crippen LogP) is 3.43. The zero-order chi connectivity index (χ0) is 19.4. The number of hydrogen-bond donors (Lipinski definition) is 4. The molecule has 5 N–H and O–H groups in total. The lowest BCUT2D eigenvalue weighted by molar-refractivity contribution is -0.383. The molecule has 0 saturated carbocycles. The Labute approximate surface area is 159 Å². The van der Waals surface area contributed by atoms with Gasteiger partial charge in [0, 0.05) is 15.3 Å². The molecule has 0 unspecified atom stereocenters. The Bertz CT molecular complexity index is 988. The SMILES string of the molecule is Cc1cc(I)ccc1Nc1c(C(=O)O)cc([N+](=O)[O-])c2ncoc12.NO. The molecule has 2 aromatic carbocycles. The quantitative estimate of drug-likeness (QED) is 0.253. The summed E-state index contributed by atoms with van der Waals surface area (Å²) < 4.78 is 6.25. The minimum absolute atomic E-state index is 0.00401. The molecule has 1 aromatic heterocycles. The highest BCUT2D eigenvalue weighted by Crippen LogP contribution is 2.36. The average Bonchev–Trinajstić information content (AvgIpc) is 3.08. The fourth-order valence-electron chi connectivity index (χ4n) is 2.34. The van der Waals surface area contributed by atoms with E-state index in [0.717, 1.165) is 21.6 Å². The Kier molecular flexibility index (Phi) is 6.07. The average molecular weight is 472 g/mol. The van der Waals surface area contributed by atoms with Gasteiger partial charge < -0.3 is 20.0 Å². The van der Waals surface area contributed by atoms with Crippen LogP contribution < -0.4 is 11.2 Å². The van der Waals surface area contributed by atoms with Crippen molar-refractivity contribution in [1.82, 2.24) is 4.98 Å². The number of fused-ring (bicyclic) bond motifs is 1. The van der Waals surface area contributed by atoms with E-state index >= 15 is 0 Å². The first-order valence-electron chi connectivity index (χ1n) is 6.95. The number of aromatic carboxylic acids is 1. The van der Waals surface area contributed by atoms with Gasteiger partial charge in [0.25, 0.3) is 5.69 Å². The lowest BCUT2D eigenvalue weighted by atomic mass is 10.1. The number of carboxylic acid groups (broad SMARTS) is 1. The van der Waals surface area contributed by atoms with Gasteiger partial charge in [-0.25, -0.2) is 15.7 Å². The summed E-state index contributed by atoms with van der Waals surface area (Å²) in [5.74, 6) is 2.20. The number of nitro groups is 1. The van der Waals surface area contributed by atoms with E-state index < -0.39 is 16.6 Å². The van der Waals surface area contributed by atoms with Crippen LogP contribution in [0.15, 0.2) is 35.1 Å². The lowest BCUT2D eigenvalue weighted by Crippen LogP contribution is -2.06. The van der Waals surface area contributed by atoms with Crippen LogP contribution in [0.1, 0.15) is 15.9 Å². The van der Waals surface area contributed by atoms with Crippen molar-refractivity contribution in [3.05, 3.63) is 55.5 Å². The number of carbonyl (C=O) groups is 1. The standard InChI is InChI=1S/C15H10IN3O5.H3NO/c1-7-4-8(16)2-3-10(7)18-12-9(15(20)21)5-11(19(22)23)13-14(12)24-6-17-13;1-2/h2-6,18H,1H3,(H,20,21);2H,1H2. The largest absolute Gasteiger partial charge is 0.478 e. The maximum absolute atomic E-state index is 11.6. The van der Waals surface area contributed by atoms with E-state index in [1.165, 1.54) is 0 Å². The number of anilines is 2. The summed E-state index contributed by atoms with van der Waals surface area (Å²) >= 11 is 2.17. The summed E-state index contributed by atoms with van der Waals surface area (Å²) in [6, 6.07) is 6.56. The summed E-state index contributed by atoms with van der Waals surface area (Å²) in [5, 5.41) is 30.1. The van der Waals surface area contributed by atoms with Crippen molar-refractivity contribution in [1.29, 1.82) is 0 Å². The summed E-state index contributed by atoms with van der Waals surface area (Å²) in [7, 11) is 0. The maximum atomic E-state index is 11.6. The molecule has 3 rings (SSSR count). The third kappa shape index (κ3) is 3.74. The smallest absolute Gasteiger partial charge is 0.338 e. The number of aromatic nitrogens is 1. The van der Waals surface area contributed by atoms with Gasteiger partial charge in [-0.2, -0.15) is 0 Å². The molecule has 0 aliphatic rings. The number of benzene rings is 2. The van der Waals surface area contributed by atoms with Crippen LogP contribution in [0.4, 0.5) is 17.1 Å². The van der Waals surface area contributed by atoms with Gasteiger partial charge in [-0.3, -0.25) is 10.1 Å². The molecule has 0 aliphatic carbocycles. The summed E-state index contributed by atoms with van der Waals surface area (Å²) in [4.78, 5) is 25.9. The molecule has 0 atom stereocenters. The molecular formula is C15H13IN4O6. The van der Waals surface area contributed by atoms with Gasteiger partial charge in [0.05, 0.1) is 16.2 Å². The Hall–Kier alpha value is -2.77. The second kappa shape index (κ2) is 8.07. The van der Waals surface area contributed by atoms with E-state index in [1.807, 2.05) is 19.1 Å². The van der Waals surface area contributed by atoms with Gasteiger partial charge in [0.2, 0.25) is 0 Å². The van der Waals surface area contributed by atoms with Crippen molar-refractivity contribution in [2.75, 3.05) is 5.32 Å². The Morgan fingerprint density at radius 3 is 2.65 bits per heavy atom. The highest BCUT2D eigenvalue weighted by Gasteiger charge is 2.26. The Morgan fingerprint density at radius 2 is 2.08 bits per heavy atom. The van der Waals surface area contributed by atoms with Gasteiger partial charge in [-0.05, 0) is 53.3 Å². The zero-order valence-electron chi connectivity index (χ0n) is 13.3. The maximum Gasteiger partial charge on any atom is 0.338 e. The number of nitrogens with one attached hydrogen (secondary N) is 1. The third-order valence-electron chi connectivity index (χ3n) is 3.46. The topological polar surface area (TPSA) is 165 Å². The number of rotatable bonds is 4. The number of aryl methyl sites for hydroxylation is 1. The molecule has 0 saturated heterocycles. The molecule has 0 fully saturated rings. The van der Waals surface area contributed by atoms with E-state index in [4.69, 9.17) is 9.62 Å². The highest BCUT2D eigenvalue weighted by molar-refractivity contribution is 14.1. The van der Waals surface area contributed by atoms with Crippen LogP contribution in [0, 0.1) is 20.6 Å². The number of oxazole rings is 1. The fourth-order valence-corrected chi connectivity index (χ4v) is 2.99. The Balaban J connectivity index is 0.00000117. The van der Waals surface area contributed by atoms with Crippen molar-refractivity contribution in [2.24, 2.45) is 5.90 Å². The predicted molar refractivity (Wildman–Crippen MR) is 101 cm³/mol. The second-order valence-electron chi connectivity index (χ2n) is 4.99.